The molecule has 13 heteroatoms. The summed E-state index contributed by atoms with van der Waals surface area (Å²) in [7, 11) is 0. The Bertz CT molecular complexity index is 725. The van der Waals surface area contributed by atoms with Crippen molar-refractivity contribution in [3.05, 3.63) is 18.2 Å². The van der Waals surface area contributed by atoms with Gasteiger partial charge in [0, 0.05) is 18.3 Å². The van der Waals surface area contributed by atoms with Crippen LogP contribution < -0.4 is 27.4 Å². The highest BCUT2D eigenvalue weighted by atomic mass is 16.4. The number of carboxylic acid groups (broad SMARTS) is 1. The summed E-state index contributed by atoms with van der Waals surface area (Å²) < 4.78 is 0. The minimum atomic E-state index is -1.40. The van der Waals surface area contributed by atoms with Crippen LogP contribution in [0.2, 0.25) is 0 Å². The van der Waals surface area contributed by atoms with Gasteiger partial charge in [0.25, 0.3) is 0 Å². The molecular weight excluding hydrogens is 410 g/mol. The van der Waals surface area contributed by atoms with Crippen molar-refractivity contribution in [1.82, 2.24) is 25.9 Å². The van der Waals surface area contributed by atoms with Gasteiger partial charge >= 0.3 is 5.97 Å². The van der Waals surface area contributed by atoms with Gasteiger partial charge < -0.3 is 42.6 Å². The fourth-order valence-corrected chi connectivity index (χ4v) is 2.70. The van der Waals surface area contributed by atoms with E-state index in [0.717, 1.165) is 0 Å². The van der Waals surface area contributed by atoms with Gasteiger partial charge in [-0.3, -0.25) is 19.2 Å². The Morgan fingerprint density at radius 1 is 1.16 bits per heavy atom. The molecule has 1 aromatic rings. The zero-order chi connectivity index (χ0) is 23.4. The first-order valence-electron chi connectivity index (χ1n) is 9.86. The summed E-state index contributed by atoms with van der Waals surface area (Å²) in [6, 6.07) is -3.38. The van der Waals surface area contributed by atoms with E-state index in [2.05, 4.69) is 25.9 Å². The summed E-state index contributed by atoms with van der Waals surface area (Å²) in [5.41, 5.74) is 12.0. The van der Waals surface area contributed by atoms with Gasteiger partial charge in [0.2, 0.25) is 17.7 Å². The van der Waals surface area contributed by atoms with Gasteiger partial charge in [-0.2, -0.15) is 0 Å². The Morgan fingerprint density at radius 3 is 2.42 bits per heavy atom. The summed E-state index contributed by atoms with van der Waals surface area (Å²) in [4.78, 5) is 54.7. The molecule has 1 rings (SSSR count). The molecule has 0 aliphatic rings. The van der Waals surface area contributed by atoms with Crippen molar-refractivity contribution in [2.24, 2.45) is 11.5 Å². The second-order valence-electron chi connectivity index (χ2n) is 7.07. The predicted molar refractivity (Wildman–Crippen MR) is 109 cm³/mol. The minimum absolute atomic E-state index is 0.177. The number of unbranched alkanes of at least 4 members (excludes halogenated alkanes) is 1. The highest BCUT2D eigenvalue weighted by Gasteiger charge is 2.30. The number of aromatic amines is 1. The third-order valence-electron chi connectivity index (χ3n) is 4.39. The lowest BCUT2D eigenvalue weighted by atomic mass is 10.1. The highest BCUT2D eigenvalue weighted by molar-refractivity contribution is 5.93. The summed E-state index contributed by atoms with van der Waals surface area (Å²) in [5, 5.41) is 25.5. The second-order valence-corrected chi connectivity index (χ2v) is 7.07. The topological polar surface area (TPSA) is 226 Å². The van der Waals surface area contributed by atoms with Crippen molar-refractivity contribution in [2.45, 2.75) is 56.8 Å². The zero-order valence-corrected chi connectivity index (χ0v) is 17.3. The summed E-state index contributed by atoms with van der Waals surface area (Å²) in [6.45, 7) is 1.00. The number of carboxylic acids is 1. The van der Waals surface area contributed by atoms with Crippen molar-refractivity contribution < 1.29 is 29.4 Å². The fourth-order valence-electron chi connectivity index (χ4n) is 2.70. The van der Waals surface area contributed by atoms with E-state index in [9.17, 15) is 24.3 Å². The first-order chi connectivity index (χ1) is 14.6. The number of aliphatic carboxylic acids is 1. The number of nitrogens with two attached hydrogens (primary N) is 2. The molecule has 1 heterocycles. The van der Waals surface area contributed by atoms with Crippen LogP contribution in [0.4, 0.5) is 0 Å². The van der Waals surface area contributed by atoms with Crippen LogP contribution >= 0.6 is 0 Å². The van der Waals surface area contributed by atoms with Gasteiger partial charge in [0.1, 0.15) is 18.6 Å². The Morgan fingerprint density at radius 2 is 1.87 bits per heavy atom. The molecule has 0 radical (unpaired) electrons. The average Bonchev–Trinajstić information content (AvgIpc) is 3.21. The fraction of sp³-hybridized carbons (Fsp3) is 0.611. The van der Waals surface area contributed by atoms with E-state index in [1.165, 1.54) is 19.4 Å². The van der Waals surface area contributed by atoms with E-state index >= 15 is 0 Å². The van der Waals surface area contributed by atoms with Crippen LogP contribution in [0.5, 0.6) is 0 Å². The number of aliphatic hydroxyl groups is 1. The standard InChI is InChI=1S/C18H31N7O6/c1-10(26)15(18(31)22-8-14(27)28)25-17(30)13(4-2-3-5-19)24-16(29)12(20)6-11-7-21-9-23-11/h7,9-10,12-13,15,26H,2-6,8,19-20H2,1H3,(H,21,23)(H,22,31)(H,24,29)(H,25,30)(H,27,28). The molecule has 4 unspecified atom stereocenters. The molecule has 0 saturated heterocycles. The van der Waals surface area contributed by atoms with E-state index in [4.69, 9.17) is 16.6 Å². The average molecular weight is 441 g/mol. The normalized spacial score (nSPS) is 14.7. The molecule has 10 N–H and O–H groups in total. The molecule has 0 aromatic carbocycles. The molecule has 174 valence electrons. The molecule has 31 heavy (non-hydrogen) atoms. The first kappa shape index (κ1) is 26.0. The lowest BCUT2D eigenvalue weighted by Gasteiger charge is -2.25. The summed E-state index contributed by atoms with van der Waals surface area (Å²) in [6.07, 6.45) is 3.22. The van der Waals surface area contributed by atoms with Crippen LogP contribution in [-0.4, -0.2) is 81.2 Å². The van der Waals surface area contributed by atoms with Crippen molar-refractivity contribution in [1.29, 1.82) is 0 Å². The number of hydrogen-bond donors (Lipinski definition) is 8. The van der Waals surface area contributed by atoms with Crippen LogP contribution in [-0.2, 0) is 25.6 Å². The zero-order valence-electron chi connectivity index (χ0n) is 17.3. The molecule has 0 bridgehead atoms. The van der Waals surface area contributed by atoms with Crippen LogP contribution in [0, 0.1) is 0 Å². The largest absolute Gasteiger partial charge is 0.480 e. The number of nitrogens with zero attached hydrogens (tertiary/aromatic N) is 1. The Labute approximate surface area is 179 Å². The smallest absolute Gasteiger partial charge is 0.322 e. The van der Waals surface area contributed by atoms with Crippen LogP contribution in [0.3, 0.4) is 0 Å². The van der Waals surface area contributed by atoms with Gasteiger partial charge in [0.05, 0.1) is 18.5 Å². The predicted octanol–water partition coefficient (Wildman–Crippen LogP) is -3.04. The maximum atomic E-state index is 12.7. The first-order valence-corrected chi connectivity index (χ1v) is 9.86. The minimum Gasteiger partial charge on any atom is -0.480 e. The maximum absolute atomic E-state index is 12.7. The number of carbonyl (C=O) groups excluding carboxylic acids is 3. The van der Waals surface area contributed by atoms with E-state index in [1.54, 1.807) is 0 Å². The second kappa shape index (κ2) is 13.3. The van der Waals surface area contributed by atoms with E-state index in [1.807, 2.05) is 0 Å². The number of hydrogen-bond acceptors (Lipinski definition) is 8. The number of amides is 3. The van der Waals surface area contributed by atoms with Gasteiger partial charge in [-0.1, -0.05) is 0 Å². The van der Waals surface area contributed by atoms with Crippen molar-refractivity contribution in [3.63, 3.8) is 0 Å². The number of carbonyl (C=O) groups is 4. The molecule has 3 amide bonds. The highest BCUT2D eigenvalue weighted by Crippen LogP contribution is 2.05. The third-order valence-corrected chi connectivity index (χ3v) is 4.39. The van der Waals surface area contributed by atoms with Gasteiger partial charge in [0.15, 0.2) is 0 Å². The Kier molecular flexibility index (Phi) is 11.2. The number of aromatic nitrogens is 2. The van der Waals surface area contributed by atoms with Crippen LogP contribution in [0.1, 0.15) is 31.9 Å². The van der Waals surface area contributed by atoms with E-state index in [-0.39, 0.29) is 12.8 Å². The van der Waals surface area contributed by atoms with Gasteiger partial charge in [-0.25, -0.2) is 4.98 Å². The molecule has 4 atom stereocenters. The molecule has 0 fully saturated rings. The number of H-pyrrole nitrogens is 1. The monoisotopic (exact) mass is 441 g/mol. The number of rotatable bonds is 14. The summed E-state index contributed by atoms with van der Waals surface area (Å²) in [5.74, 6) is -3.43. The SMILES string of the molecule is CC(O)C(NC(=O)C(CCCCN)NC(=O)C(N)Cc1cnc[nH]1)C(=O)NCC(=O)O. The van der Waals surface area contributed by atoms with Crippen molar-refractivity contribution in [2.75, 3.05) is 13.1 Å². The van der Waals surface area contributed by atoms with E-state index in [0.29, 0.717) is 25.1 Å². The number of aliphatic hydroxyl groups excluding tert-OH is 1. The van der Waals surface area contributed by atoms with Crippen molar-refractivity contribution >= 4 is 23.7 Å². The quantitative estimate of drug-likeness (QED) is 0.137. The number of imidazole rings is 1. The Hall–Kier alpha value is -3.03. The molecule has 0 spiro atoms. The van der Waals surface area contributed by atoms with E-state index < -0.39 is 54.5 Å². The summed E-state index contributed by atoms with van der Waals surface area (Å²) >= 11 is 0. The van der Waals surface area contributed by atoms with Crippen LogP contribution in [0.15, 0.2) is 12.5 Å². The number of nitrogens with one attached hydrogen (secondary N) is 4. The molecule has 0 saturated carbocycles. The molecular formula is C18H31N7O6. The molecule has 0 aliphatic heterocycles. The Balaban J connectivity index is 2.81. The lowest BCUT2D eigenvalue weighted by molar-refractivity contribution is -0.139. The maximum Gasteiger partial charge on any atom is 0.322 e. The molecule has 13 nitrogen and oxygen atoms in total. The van der Waals surface area contributed by atoms with Crippen molar-refractivity contribution in [3.8, 4) is 0 Å². The van der Waals surface area contributed by atoms with Gasteiger partial charge in [-0.05, 0) is 32.7 Å². The third kappa shape index (κ3) is 9.55. The van der Waals surface area contributed by atoms with Gasteiger partial charge in [-0.15, -0.1) is 0 Å². The lowest BCUT2D eigenvalue weighted by Crippen LogP contribution is -2.58. The molecule has 0 aliphatic carbocycles. The molecule has 1 aromatic heterocycles. The van der Waals surface area contributed by atoms with Crippen LogP contribution in [0.25, 0.3) is 0 Å².